The summed E-state index contributed by atoms with van der Waals surface area (Å²) in [5.41, 5.74) is 0.0947. The number of hydrogen-bond acceptors (Lipinski definition) is 4. The quantitative estimate of drug-likeness (QED) is 0.434. The van der Waals surface area contributed by atoms with Crippen LogP contribution in [0.2, 0.25) is 18.6 Å². The van der Waals surface area contributed by atoms with E-state index < -0.39 is 8.32 Å². The third kappa shape index (κ3) is 6.02. The monoisotopic (exact) mass is 399 g/mol. The summed E-state index contributed by atoms with van der Waals surface area (Å²) < 4.78 is 6.38. The SMILES string of the molecule is CCCCCCC[C@@H]1O[C@H](CC(=O)N2CCC[C@H]2CO)[C@@H]([Si](C)(C)O)[C@@H]1C. The van der Waals surface area contributed by atoms with Crippen LogP contribution < -0.4 is 0 Å². The van der Waals surface area contributed by atoms with Gasteiger partial charge in [0.2, 0.25) is 5.91 Å². The Labute approximate surface area is 166 Å². The molecular formula is C21H41NO4Si. The molecule has 0 aliphatic carbocycles. The molecule has 2 saturated heterocycles. The predicted octanol–water partition coefficient (Wildman–Crippen LogP) is 3.69. The second kappa shape index (κ2) is 10.4. The maximum Gasteiger partial charge on any atom is 0.225 e. The number of aliphatic hydroxyl groups is 1. The lowest BCUT2D eigenvalue weighted by Crippen LogP contribution is -2.43. The molecular weight excluding hydrogens is 358 g/mol. The van der Waals surface area contributed by atoms with Gasteiger partial charge in [-0.1, -0.05) is 46.0 Å². The first-order valence-electron chi connectivity index (χ1n) is 11.1. The largest absolute Gasteiger partial charge is 0.432 e. The van der Waals surface area contributed by atoms with Crippen molar-refractivity contribution in [2.24, 2.45) is 5.92 Å². The first-order chi connectivity index (χ1) is 12.8. The summed E-state index contributed by atoms with van der Waals surface area (Å²) in [6, 6.07) is -0.0384. The minimum atomic E-state index is -2.43. The Kier molecular flexibility index (Phi) is 8.78. The van der Waals surface area contributed by atoms with E-state index in [2.05, 4.69) is 13.8 Å². The second-order valence-corrected chi connectivity index (χ2v) is 13.2. The number of carbonyl (C=O) groups is 1. The van der Waals surface area contributed by atoms with Crippen LogP contribution in [0.5, 0.6) is 0 Å². The van der Waals surface area contributed by atoms with Crippen molar-refractivity contribution in [1.82, 2.24) is 4.90 Å². The number of rotatable bonds is 10. The van der Waals surface area contributed by atoms with E-state index in [-0.39, 0.29) is 36.3 Å². The molecule has 2 fully saturated rings. The number of likely N-dealkylation sites (tertiary alicyclic amines) is 1. The molecule has 0 aromatic carbocycles. The Hall–Kier alpha value is -0.433. The van der Waals surface area contributed by atoms with Gasteiger partial charge < -0.3 is 19.5 Å². The van der Waals surface area contributed by atoms with Crippen molar-refractivity contribution >= 4 is 14.2 Å². The molecule has 2 aliphatic rings. The van der Waals surface area contributed by atoms with E-state index in [1.165, 1.54) is 25.7 Å². The zero-order valence-corrected chi connectivity index (χ0v) is 18.8. The van der Waals surface area contributed by atoms with Gasteiger partial charge in [0.1, 0.15) is 0 Å². The van der Waals surface area contributed by atoms with E-state index >= 15 is 0 Å². The number of hydrogen-bond donors (Lipinski definition) is 2. The van der Waals surface area contributed by atoms with E-state index in [0.29, 0.717) is 12.3 Å². The highest BCUT2D eigenvalue weighted by atomic mass is 28.4. The third-order valence-electron chi connectivity index (χ3n) is 6.59. The summed E-state index contributed by atoms with van der Waals surface area (Å²) in [6.45, 7) is 9.15. The van der Waals surface area contributed by atoms with Gasteiger partial charge in [0, 0.05) is 12.1 Å². The van der Waals surface area contributed by atoms with Crippen molar-refractivity contribution < 1.29 is 19.4 Å². The predicted molar refractivity (Wildman–Crippen MR) is 111 cm³/mol. The van der Waals surface area contributed by atoms with Crippen LogP contribution in [-0.2, 0) is 9.53 Å². The molecule has 1 amide bonds. The number of unbranched alkanes of at least 4 members (excludes halogenated alkanes) is 4. The van der Waals surface area contributed by atoms with Crippen LogP contribution in [0.1, 0.15) is 71.6 Å². The average Bonchev–Trinajstić information content (AvgIpc) is 3.18. The molecule has 0 aromatic heterocycles. The van der Waals surface area contributed by atoms with Gasteiger partial charge in [0.05, 0.1) is 31.3 Å². The molecule has 2 aliphatic heterocycles. The molecule has 0 spiro atoms. The zero-order valence-electron chi connectivity index (χ0n) is 17.8. The first-order valence-corrected chi connectivity index (χ1v) is 14.1. The van der Waals surface area contributed by atoms with Crippen molar-refractivity contribution in [3.05, 3.63) is 0 Å². The summed E-state index contributed by atoms with van der Waals surface area (Å²) in [7, 11) is -2.43. The number of nitrogens with zero attached hydrogens (tertiary/aromatic N) is 1. The van der Waals surface area contributed by atoms with Gasteiger partial charge in [-0.2, -0.15) is 0 Å². The lowest BCUT2D eigenvalue weighted by Gasteiger charge is -2.31. The summed E-state index contributed by atoms with van der Waals surface area (Å²) in [5.74, 6) is 0.378. The molecule has 2 rings (SSSR count). The normalized spacial score (nSPS) is 31.6. The van der Waals surface area contributed by atoms with Gasteiger partial charge in [0.15, 0.2) is 8.32 Å². The van der Waals surface area contributed by atoms with Crippen molar-refractivity contribution in [3.63, 3.8) is 0 Å². The number of aliphatic hydroxyl groups excluding tert-OH is 1. The molecule has 6 heteroatoms. The van der Waals surface area contributed by atoms with E-state index in [9.17, 15) is 14.7 Å². The average molecular weight is 400 g/mol. The van der Waals surface area contributed by atoms with Crippen molar-refractivity contribution in [2.75, 3.05) is 13.2 Å². The van der Waals surface area contributed by atoms with Crippen molar-refractivity contribution in [3.8, 4) is 0 Å². The molecule has 158 valence electrons. The van der Waals surface area contributed by atoms with Crippen LogP contribution in [0.15, 0.2) is 0 Å². The number of carbonyl (C=O) groups excluding carboxylic acids is 1. The van der Waals surface area contributed by atoms with E-state index in [1.807, 2.05) is 18.0 Å². The number of ether oxygens (including phenoxy) is 1. The minimum absolute atomic E-state index is 0.0384. The first kappa shape index (κ1) is 22.9. The lowest BCUT2D eigenvalue weighted by molar-refractivity contribution is -0.135. The van der Waals surface area contributed by atoms with Crippen molar-refractivity contribution in [1.29, 1.82) is 0 Å². The van der Waals surface area contributed by atoms with Crippen LogP contribution in [0.25, 0.3) is 0 Å². The molecule has 0 radical (unpaired) electrons. The highest BCUT2D eigenvalue weighted by molar-refractivity contribution is 6.71. The van der Waals surface area contributed by atoms with Crippen LogP contribution in [0, 0.1) is 5.92 Å². The minimum Gasteiger partial charge on any atom is -0.432 e. The summed E-state index contributed by atoms with van der Waals surface area (Å²) in [5, 5.41) is 9.51. The van der Waals surface area contributed by atoms with Gasteiger partial charge in [-0.3, -0.25) is 4.79 Å². The van der Waals surface area contributed by atoms with Gasteiger partial charge in [-0.25, -0.2) is 0 Å². The smallest absolute Gasteiger partial charge is 0.225 e. The van der Waals surface area contributed by atoms with Gasteiger partial charge in [-0.15, -0.1) is 0 Å². The topological polar surface area (TPSA) is 70.0 Å². The highest BCUT2D eigenvalue weighted by Crippen LogP contribution is 2.46. The van der Waals surface area contributed by atoms with Crippen LogP contribution >= 0.6 is 0 Å². The van der Waals surface area contributed by atoms with Crippen LogP contribution in [0.4, 0.5) is 0 Å². The summed E-state index contributed by atoms with van der Waals surface area (Å²) in [6.07, 6.45) is 9.40. The fourth-order valence-corrected chi connectivity index (χ4v) is 7.81. The summed E-state index contributed by atoms with van der Waals surface area (Å²) >= 11 is 0. The Balaban J connectivity index is 1.97. The van der Waals surface area contributed by atoms with Crippen LogP contribution in [0.3, 0.4) is 0 Å². The Morgan fingerprint density at radius 1 is 1.19 bits per heavy atom. The zero-order chi connectivity index (χ0) is 20.0. The second-order valence-electron chi connectivity index (χ2n) is 9.22. The molecule has 5 atom stereocenters. The van der Waals surface area contributed by atoms with Gasteiger partial charge in [-0.05, 0) is 38.3 Å². The van der Waals surface area contributed by atoms with Crippen molar-refractivity contribution in [2.45, 2.75) is 109 Å². The molecule has 0 bridgehead atoms. The highest BCUT2D eigenvalue weighted by Gasteiger charge is 2.50. The molecule has 5 nitrogen and oxygen atoms in total. The Morgan fingerprint density at radius 3 is 2.52 bits per heavy atom. The molecule has 0 saturated carbocycles. The lowest BCUT2D eigenvalue weighted by atomic mass is 9.95. The fourth-order valence-electron chi connectivity index (χ4n) is 5.20. The van der Waals surface area contributed by atoms with E-state index in [4.69, 9.17) is 4.74 Å². The van der Waals surface area contributed by atoms with E-state index in [1.54, 1.807) is 0 Å². The third-order valence-corrected chi connectivity index (χ3v) is 9.12. The van der Waals surface area contributed by atoms with Crippen LogP contribution in [-0.4, -0.2) is 60.4 Å². The number of amides is 1. The maximum atomic E-state index is 12.9. The van der Waals surface area contributed by atoms with E-state index in [0.717, 1.165) is 32.2 Å². The molecule has 27 heavy (non-hydrogen) atoms. The standard InChI is InChI=1S/C21H41NO4Si/c1-5-6-7-8-9-12-18-16(2)21(27(3,4)25)19(26-18)14-20(24)22-13-10-11-17(22)15-23/h16-19,21,23,25H,5-15H2,1-4H3/t16-,17+,18+,19-,21+/m1/s1. The summed E-state index contributed by atoms with van der Waals surface area (Å²) in [4.78, 5) is 25.6. The van der Waals surface area contributed by atoms with Gasteiger partial charge >= 0.3 is 0 Å². The fraction of sp³-hybridized carbons (Fsp3) is 0.952. The Bertz CT molecular complexity index is 468. The maximum absolute atomic E-state index is 12.9. The Morgan fingerprint density at radius 2 is 1.89 bits per heavy atom. The molecule has 2 heterocycles. The molecule has 2 N–H and O–H groups in total. The van der Waals surface area contributed by atoms with Gasteiger partial charge in [0.25, 0.3) is 0 Å². The molecule has 0 aromatic rings. The molecule has 0 unspecified atom stereocenters.